The van der Waals surface area contributed by atoms with Gasteiger partial charge in [-0.05, 0) is 39.9 Å². The van der Waals surface area contributed by atoms with E-state index in [0.717, 1.165) is 52.4 Å². The highest BCUT2D eigenvalue weighted by molar-refractivity contribution is 5.81. The second-order valence-corrected chi connectivity index (χ2v) is 6.21. The van der Waals surface area contributed by atoms with E-state index in [0.29, 0.717) is 0 Å². The largest absolute Gasteiger partial charge is 0.353 e. The molecule has 0 bridgehead atoms. The van der Waals surface area contributed by atoms with Crippen LogP contribution in [-0.4, -0.2) is 86.1 Å². The van der Waals surface area contributed by atoms with Gasteiger partial charge in [0.05, 0.1) is 6.04 Å². The Bertz CT molecular complexity index is 296. The molecule has 2 fully saturated rings. The van der Waals surface area contributed by atoms with Crippen LogP contribution in [0, 0.1) is 0 Å². The fourth-order valence-electron chi connectivity index (χ4n) is 3.03. The lowest BCUT2D eigenvalue weighted by molar-refractivity contribution is -0.126. The van der Waals surface area contributed by atoms with Crippen LogP contribution >= 0.6 is 0 Å². The number of hydrogen-bond acceptors (Lipinski definition) is 4. The number of carbonyl (C=O) groups is 1. The molecular formula is C15H30N4O. The van der Waals surface area contributed by atoms with E-state index in [1.54, 1.807) is 0 Å². The lowest BCUT2D eigenvalue weighted by atomic mass is 10.1. The Morgan fingerprint density at radius 1 is 1.05 bits per heavy atom. The van der Waals surface area contributed by atoms with Crippen LogP contribution in [0.3, 0.4) is 0 Å². The van der Waals surface area contributed by atoms with Crippen LogP contribution in [0.5, 0.6) is 0 Å². The van der Waals surface area contributed by atoms with E-state index in [1.165, 1.54) is 19.3 Å². The zero-order valence-electron chi connectivity index (χ0n) is 13.1. The van der Waals surface area contributed by atoms with Crippen molar-refractivity contribution in [2.45, 2.75) is 32.2 Å². The van der Waals surface area contributed by atoms with Gasteiger partial charge in [0.1, 0.15) is 0 Å². The molecule has 1 unspecified atom stereocenters. The summed E-state index contributed by atoms with van der Waals surface area (Å²) in [6.07, 6.45) is 3.78. The maximum absolute atomic E-state index is 12.2. The molecule has 0 aromatic heterocycles. The smallest absolute Gasteiger partial charge is 0.237 e. The highest BCUT2D eigenvalue weighted by Crippen LogP contribution is 2.11. The van der Waals surface area contributed by atoms with Crippen LogP contribution in [0.4, 0.5) is 0 Å². The summed E-state index contributed by atoms with van der Waals surface area (Å²) in [4.78, 5) is 19.3. The third-order valence-electron chi connectivity index (χ3n) is 4.64. The Morgan fingerprint density at radius 3 is 2.35 bits per heavy atom. The number of nitrogens with one attached hydrogen (secondary N) is 1. The average molecular weight is 282 g/mol. The van der Waals surface area contributed by atoms with Gasteiger partial charge in [0, 0.05) is 39.3 Å². The Labute approximate surface area is 123 Å². The molecule has 2 heterocycles. The van der Waals surface area contributed by atoms with Gasteiger partial charge >= 0.3 is 0 Å². The minimum atomic E-state index is 0.0304. The second kappa shape index (κ2) is 7.96. The van der Waals surface area contributed by atoms with Crippen LogP contribution in [0.15, 0.2) is 0 Å². The van der Waals surface area contributed by atoms with Crippen LogP contribution < -0.4 is 5.32 Å². The fourth-order valence-corrected chi connectivity index (χ4v) is 3.03. The number of nitrogens with zero attached hydrogens (tertiary/aromatic N) is 3. The van der Waals surface area contributed by atoms with Gasteiger partial charge in [0.25, 0.3) is 0 Å². The van der Waals surface area contributed by atoms with Gasteiger partial charge in [-0.3, -0.25) is 14.6 Å². The monoisotopic (exact) mass is 282 g/mol. The molecule has 0 aromatic carbocycles. The number of carbonyl (C=O) groups excluding carboxylic acids is 1. The zero-order chi connectivity index (χ0) is 14.4. The molecule has 5 heteroatoms. The molecule has 0 saturated carbocycles. The van der Waals surface area contributed by atoms with E-state index in [2.05, 4.69) is 27.1 Å². The maximum Gasteiger partial charge on any atom is 0.237 e. The minimum Gasteiger partial charge on any atom is -0.353 e. The molecule has 1 amide bonds. The van der Waals surface area contributed by atoms with Crippen LogP contribution in [0.25, 0.3) is 0 Å². The number of rotatable bonds is 5. The van der Waals surface area contributed by atoms with Crippen molar-refractivity contribution in [2.75, 3.05) is 59.4 Å². The lowest BCUT2D eigenvalue weighted by Crippen LogP contribution is -2.50. The first-order valence-electron chi connectivity index (χ1n) is 8.09. The van der Waals surface area contributed by atoms with Gasteiger partial charge in [-0.2, -0.15) is 0 Å². The summed E-state index contributed by atoms with van der Waals surface area (Å²) >= 11 is 0. The molecule has 2 rings (SSSR count). The van der Waals surface area contributed by atoms with Gasteiger partial charge in [-0.25, -0.2) is 0 Å². The van der Waals surface area contributed by atoms with E-state index in [9.17, 15) is 4.79 Å². The number of likely N-dealkylation sites (tertiary alicyclic amines) is 1. The normalized spacial score (nSPS) is 24.5. The predicted molar refractivity (Wildman–Crippen MR) is 81.8 cm³/mol. The van der Waals surface area contributed by atoms with Crippen molar-refractivity contribution in [1.82, 2.24) is 20.0 Å². The summed E-state index contributed by atoms with van der Waals surface area (Å²) in [6, 6.07) is 0.0304. The van der Waals surface area contributed by atoms with Crippen molar-refractivity contribution in [3.05, 3.63) is 0 Å². The Morgan fingerprint density at radius 2 is 1.70 bits per heavy atom. The molecule has 1 atom stereocenters. The van der Waals surface area contributed by atoms with Crippen molar-refractivity contribution < 1.29 is 4.79 Å². The summed E-state index contributed by atoms with van der Waals surface area (Å²) in [6.45, 7) is 10.5. The van der Waals surface area contributed by atoms with Crippen LogP contribution in [0.1, 0.15) is 26.2 Å². The zero-order valence-corrected chi connectivity index (χ0v) is 13.1. The molecule has 116 valence electrons. The molecule has 5 nitrogen and oxygen atoms in total. The lowest BCUT2D eigenvalue weighted by Gasteiger charge is -2.33. The molecule has 0 aliphatic carbocycles. The van der Waals surface area contributed by atoms with E-state index in [4.69, 9.17) is 0 Å². The first-order valence-corrected chi connectivity index (χ1v) is 8.09. The molecule has 2 saturated heterocycles. The van der Waals surface area contributed by atoms with E-state index >= 15 is 0 Å². The molecular weight excluding hydrogens is 252 g/mol. The summed E-state index contributed by atoms with van der Waals surface area (Å²) in [5.74, 6) is 0.195. The Balaban J connectivity index is 1.61. The molecule has 0 aromatic rings. The SMILES string of the molecule is CC(C(=O)NCCN1CCN(C)CC1)N1CCCCC1. The Hall–Kier alpha value is -0.650. The highest BCUT2D eigenvalue weighted by Gasteiger charge is 2.22. The summed E-state index contributed by atoms with van der Waals surface area (Å²) < 4.78 is 0. The highest BCUT2D eigenvalue weighted by atomic mass is 16.2. The molecule has 0 spiro atoms. The van der Waals surface area contributed by atoms with Gasteiger partial charge in [-0.15, -0.1) is 0 Å². The average Bonchev–Trinajstić information content (AvgIpc) is 2.49. The van der Waals surface area contributed by atoms with Crippen LogP contribution in [-0.2, 0) is 4.79 Å². The van der Waals surface area contributed by atoms with Gasteiger partial charge in [0.2, 0.25) is 5.91 Å². The number of amides is 1. The second-order valence-electron chi connectivity index (χ2n) is 6.21. The van der Waals surface area contributed by atoms with E-state index in [1.807, 2.05) is 6.92 Å². The van der Waals surface area contributed by atoms with Gasteiger partial charge < -0.3 is 10.2 Å². The minimum absolute atomic E-state index is 0.0304. The first kappa shape index (κ1) is 15.7. The fraction of sp³-hybridized carbons (Fsp3) is 0.933. The van der Waals surface area contributed by atoms with Crippen molar-refractivity contribution in [3.8, 4) is 0 Å². The van der Waals surface area contributed by atoms with Crippen molar-refractivity contribution in [1.29, 1.82) is 0 Å². The van der Waals surface area contributed by atoms with Crippen molar-refractivity contribution >= 4 is 5.91 Å². The van der Waals surface area contributed by atoms with E-state index in [-0.39, 0.29) is 11.9 Å². The van der Waals surface area contributed by atoms with Crippen molar-refractivity contribution in [2.24, 2.45) is 0 Å². The quantitative estimate of drug-likeness (QED) is 0.783. The molecule has 20 heavy (non-hydrogen) atoms. The summed E-state index contributed by atoms with van der Waals surface area (Å²) in [7, 11) is 2.17. The summed E-state index contributed by atoms with van der Waals surface area (Å²) in [5, 5.41) is 3.10. The Kier molecular flexibility index (Phi) is 6.26. The third-order valence-corrected chi connectivity index (χ3v) is 4.64. The first-order chi connectivity index (χ1) is 9.66. The van der Waals surface area contributed by atoms with E-state index < -0.39 is 0 Å². The molecule has 2 aliphatic heterocycles. The number of hydrogen-bond donors (Lipinski definition) is 1. The number of piperidine rings is 1. The predicted octanol–water partition coefficient (Wildman–Crippen LogP) is 0.224. The van der Waals surface area contributed by atoms with Gasteiger partial charge in [0.15, 0.2) is 0 Å². The molecule has 1 N–H and O–H groups in total. The molecule has 2 aliphatic rings. The van der Waals surface area contributed by atoms with Crippen molar-refractivity contribution in [3.63, 3.8) is 0 Å². The number of piperazine rings is 1. The molecule has 0 radical (unpaired) electrons. The third kappa shape index (κ3) is 4.72. The van der Waals surface area contributed by atoms with Crippen LogP contribution in [0.2, 0.25) is 0 Å². The topological polar surface area (TPSA) is 38.8 Å². The standard InChI is InChI=1S/C15H30N4O/c1-14(19-7-4-3-5-8-19)15(20)16-6-9-18-12-10-17(2)11-13-18/h14H,3-13H2,1-2H3,(H,16,20). The maximum atomic E-state index is 12.2. The summed E-state index contributed by atoms with van der Waals surface area (Å²) in [5.41, 5.74) is 0. The van der Waals surface area contributed by atoms with Gasteiger partial charge in [-0.1, -0.05) is 6.42 Å². The number of likely N-dealkylation sites (N-methyl/N-ethyl adjacent to an activating group) is 1.